The second-order valence-electron chi connectivity index (χ2n) is 6.36. The summed E-state index contributed by atoms with van der Waals surface area (Å²) in [6.07, 6.45) is 10.1. The van der Waals surface area contributed by atoms with Crippen molar-refractivity contribution in [1.82, 2.24) is 14.5 Å². The third kappa shape index (κ3) is 4.53. The zero-order valence-electron chi connectivity index (χ0n) is 14.4. The van der Waals surface area contributed by atoms with Gasteiger partial charge in [-0.05, 0) is 18.4 Å². The second-order valence-corrected chi connectivity index (χ2v) is 6.36. The first-order chi connectivity index (χ1) is 11.0. The predicted molar refractivity (Wildman–Crippen MR) is 90.1 cm³/mol. The van der Waals surface area contributed by atoms with E-state index in [1.165, 1.54) is 19.3 Å². The lowest BCUT2D eigenvalue weighted by atomic mass is 10.0. The van der Waals surface area contributed by atoms with Crippen molar-refractivity contribution in [3.05, 3.63) is 29.9 Å². The van der Waals surface area contributed by atoms with E-state index in [0.29, 0.717) is 31.2 Å². The minimum absolute atomic E-state index is 0.0179. The van der Waals surface area contributed by atoms with Crippen molar-refractivity contribution in [2.24, 2.45) is 5.92 Å². The lowest BCUT2D eigenvalue weighted by molar-refractivity contribution is -0.127. The maximum atomic E-state index is 12.3. The lowest BCUT2D eigenvalue weighted by Crippen LogP contribution is -2.38. The second kappa shape index (κ2) is 8.09. The molecule has 1 amide bonds. The van der Waals surface area contributed by atoms with Gasteiger partial charge < -0.3 is 9.47 Å². The molecular weight excluding hydrogens is 290 g/mol. The smallest absolute Gasteiger partial charge is 0.246 e. The van der Waals surface area contributed by atoms with Gasteiger partial charge in [0, 0.05) is 20.0 Å². The molecule has 0 saturated carbocycles. The number of aromatic nitrogens is 2. The normalized spacial score (nSPS) is 15.7. The third-order valence-corrected chi connectivity index (χ3v) is 4.37. The van der Waals surface area contributed by atoms with Crippen molar-refractivity contribution in [3.8, 4) is 0 Å². The maximum Gasteiger partial charge on any atom is 0.246 e. The van der Waals surface area contributed by atoms with E-state index in [4.69, 9.17) is 0 Å². The Morgan fingerprint density at radius 2 is 2.13 bits per heavy atom. The van der Waals surface area contributed by atoms with Crippen LogP contribution in [0.3, 0.4) is 0 Å². The molecule has 0 fully saturated rings. The van der Waals surface area contributed by atoms with Crippen molar-refractivity contribution in [2.45, 2.75) is 59.5 Å². The highest BCUT2D eigenvalue weighted by Gasteiger charge is 2.23. The fourth-order valence-electron chi connectivity index (χ4n) is 2.89. The molecule has 5 nitrogen and oxygen atoms in total. The summed E-state index contributed by atoms with van der Waals surface area (Å²) in [5.41, 5.74) is 0.632. The Morgan fingerprint density at radius 3 is 2.83 bits per heavy atom. The van der Waals surface area contributed by atoms with Gasteiger partial charge in [0.2, 0.25) is 5.91 Å². The van der Waals surface area contributed by atoms with Gasteiger partial charge in [0.25, 0.3) is 0 Å². The molecule has 0 N–H and O–H groups in total. The fourth-order valence-corrected chi connectivity index (χ4v) is 2.89. The van der Waals surface area contributed by atoms with Gasteiger partial charge in [0.05, 0.1) is 12.7 Å². The van der Waals surface area contributed by atoms with E-state index in [2.05, 4.69) is 18.8 Å². The maximum absolute atomic E-state index is 12.3. The summed E-state index contributed by atoms with van der Waals surface area (Å²) in [4.78, 5) is 29.9. The van der Waals surface area contributed by atoms with Crippen molar-refractivity contribution in [1.29, 1.82) is 0 Å². The molecule has 5 heteroatoms. The van der Waals surface area contributed by atoms with Gasteiger partial charge in [-0.1, -0.05) is 39.2 Å². The molecule has 1 aliphatic rings. The summed E-state index contributed by atoms with van der Waals surface area (Å²) < 4.78 is 1.92. The molecule has 1 aromatic heterocycles. The van der Waals surface area contributed by atoms with Crippen LogP contribution in [0.4, 0.5) is 0 Å². The van der Waals surface area contributed by atoms with Gasteiger partial charge in [0.1, 0.15) is 11.5 Å². The Labute approximate surface area is 138 Å². The Morgan fingerprint density at radius 1 is 1.35 bits per heavy atom. The van der Waals surface area contributed by atoms with E-state index < -0.39 is 0 Å². The highest BCUT2D eigenvalue weighted by molar-refractivity contribution is 5.92. The highest BCUT2D eigenvalue weighted by atomic mass is 16.2. The van der Waals surface area contributed by atoms with Crippen LogP contribution in [-0.2, 0) is 17.9 Å². The Bertz CT molecular complexity index is 589. The van der Waals surface area contributed by atoms with Gasteiger partial charge in [-0.15, -0.1) is 0 Å². The monoisotopic (exact) mass is 317 g/mol. The number of Topliss-reactive ketones (excluding diaryl/α,β-unsaturated/α-hetero) is 1. The molecule has 0 aliphatic carbocycles. The number of carbonyl (C=O) groups is 2. The summed E-state index contributed by atoms with van der Waals surface area (Å²) in [6.45, 7) is 7.63. The average Bonchev–Trinajstić information content (AvgIpc) is 2.96. The van der Waals surface area contributed by atoms with E-state index in [0.717, 1.165) is 12.2 Å². The number of hydrogen-bond acceptors (Lipinski definition) is 3. The van der Waals surface area contributed by atoms with Gasteiger partial charge in [-0.3, -0.25) is 9.59 Å². The zero-order valence-corrected chi connectivity index (χ0v) is 14.4. The van der Waals surface area contributed by atoms with Crippen molar-refractivity contribution < 1.29 is 9.59 Å². The number of fused-ring (bicyclic) bond motifs is 1. The molecular formula is C18H27N3O2. The first-order valence-electron chi connectivity index (χ1n) is 8.55. The summed E-state index contributed by atoms with van der Waals surface area (Å²) >= 11 is 0. The molecule has 23 heavy (non-hydrogen) atoms. The van der Waals surface area contributed by atoms with Crippen molar-refractivity contribution >= 4 is 11.7 Å². The largest absolute Gasteiger partial charge is 0.330 e. The van der Waals surface area contributed by atoms with Crippen LogP contribution in [0.15, 0.2) is 18.3 Å². The quantitative estimate of drug-likeness (QED) is 0.441. The summed E-state index contributed by atoms with van der Waals surface area (Å²) in [5, 5.41) is 0. The average molecular weight is 317 g/mol. The summed E-state index contributed by atoms with van der Waals surface area (Å²) in [7, 11) is 0. The fraction of sp³-hybridized carbons (Fsp3) is 0.611. The number of hydrogen-bond donors (Lipinski definition) is 0. The van der Waals surface area contributed by atoms with E-state index in [1.807, 2.05) is 10.6 Å². The van der Waals surface area contributed by atoms with Crippen LogP contribution in [0.25, 0.3) is 0 Å². The third-order valence-electron chi connectivity index (χ3n) is 4.37. The molecule has 1 unspecified atom stereocenters. The molecule has 2 rings (SSSR count). The molecule has 1 atom stereocenters. The van der Waals surface area contributed by atoms with E-state index in [1.54, 1.807) is 24.1 Å². The number of rotatable bonds is 7. The first-order valence-corrected chi connectivity index (χ1v) is 8.55. The molecule has 2 heterocycles. The highest BCUT2D eigenvalue weighted by Crippen LogP contribution is 2.16. The Hall–Kier alpha value is -1.91. The SMILES string of the molecule is CCCCCC(C)/C=C/C(=O)N1CCn2c(C(C)=O)cnc2C1. The number of amides is 1. The van der Waals surface area contributed by atoms with Crippen LogP contribution < -0.4 is 0 Å². The minimum atomic E-state index is 0.0179. The molecule has 0 radical (unpaired) electrons. The molecule has 0 aromatic carbocycles. The topological polar surface area (TPSA) is 55.2 Å². The summed E-state index contributed by atoms with van der Waals surface area (Å²) in [6, 6.07) is 0. The zero-order chi connectivity index (χ0) is 16.8. The van der Waals surface area contributed by atoms with Gasteiger partial charge in [0.15, 0.2) is 5.78 Å². The van der Waals surface area contributed by atoms with Gasteiger partial charge in [-0.2, -0.15) is 0 Å². The molecule has 0 bridgehead atoms. The van der Waals surface area contributed by atoms with Crippen molar-refractivity contribution in [2.75, 3.05) is 6.54 Å². The molecule has 0 spiro atoms. The Kier molecular flexibility index (Phi) is 6.13. The molecule has 126 valence electrons. The number of allylic oxidation sites excluding steroid dienone is 1. The number of nitrogens with zero attached hydrogens (tertiary/aromatic N) is 3. The van der Waals surface area contributed by atoms with Crippen LogP contribution in [0, 0.1) is 5.92 Å². The number of unbranched alkanes of at least 4 members (excludes halogenated alkanes) is 2. The minimum Gasteiger partial charge on any atom is -0.330 e. The van der Waals surface area contributed by atoms with Crippen LogP contribution in [0.1, 0.15) is 62.8 Å². The van der Waals surface area contributed by atoms with Gasteiger partial charge in [-0.25, -0.2) is 4.98 Å². The van der Waals surface area contributed by atoms with E-state index in [9.17, 15) is 9.59 Å². The van der Waals surface area contributed by atoms with Crippen LogP contribution >= 0.6 is 0 Å². The predicted octanol–water partition coefficient (Wildman–Crippen LogP) is 3.20. The number of imidazole rings is 1. The molecule has 0 saturated heterocycles. The number of ketones is 1. The molecule has 1 aliphatic heterocycles. The molecule has 1 aromatic rings. The number of carbonyl (C=O) groups excluding carboxylic acids is 2. The lowest BCUT2D eigenvalue weighted by Gasteiger charge is -2.27. The Balaban J connectivity index is 1.90. The van der Waals surface area contributed by atoms with E-state index in [-0.39, 0.29) is 11.7 Å². The van der Waals surface area contributed by atoms with Crippen LogP contribution in [-0.4, -0.2) is 32.7 Å². The standard InChI is InChI=1S/C18H27N3O2/c1-4-5-6-7-14(2)8-9-18(23)20-10-11-21-16(15(3)22)12-19-17(21)13-20/h8-9,12,14H,4-7,10-11,13H2,1-3H3/b9-8+. The van der Waals surface area contributed by atoms with Crippen LogP contribution in [0.5, 0.6) is 0 Å². The first kappa shape index (κ1) is 17.4. The van der Waals surface area contributed by atoms with Crippen LogP contribution in [0.2, 0.25) is 0 Å². The van der Waals surface area contributed by atoms with E-state index >= 15 is 0 Å². The summed E-state index contributed by atoms with van der Waals surface area (Å²) in [5.74, 6) is 1.27. The van der Waals surface area contributed by atoms with Gasteiger partial charge >= 0.3 is 0 Å². The van der Waals surface area contributed by atoms with Crippen molar-refractivity contribution in [3.63, 3.8) is 0 Å².